The molecule has 0 unspecified atom stereocenters. The standard InChI is InChI=1S/C24H26ClF2N5O4S/c25-22-18(19(26)5-6-20(22)27)14-36-24-23(28)29-13-21(30-24)15-1-3-16(4-2-15)31-37(34,35)12-11-32-9-7-17(33)8-10-32/h1-6,13,17,31,33H,7-12,14H2,(H2,28,29). The fourth-order valence-electron chi connectivity index (χ4n) is 3.80. The molecule has 4 N–H and O–H groups in total. The van der Waals surface area contributed by atoms with Crippen molar-refractivity contribution in [2.24, 2.45) is 0 Å². The van der Waals surface area contributed by atoms with Crippen LogP contribution in [0.4, 0.5) is 20.3 Å². The Hall–Kier alpha value is -3.06. The number of nitrogens with zero attached hydrogens (tertiary/aromatic N) is 3. The lowest BCUT2D eigenvalue weighted by atomic mass is 10.1. The van der Waals surface area contributed by atoms with Gasteiger partial charge < -0.3 is 20.5 Å². The van der Waals surface area contributed by atoms with Crippen molar-refractivity contribution in [1.29, 1.82) is 0 Å². The van der Waals surface area contributed by atoms with Crippen LogP contribution in [0.5, 0.6) is 5.88 Å². The predicted octanol–water partition coefficient (Wildman–Crippen LogP) is 3.43. The summed E-state index contributed by atoms with van der Waals surface area (Å²) in [7, 11) is -3.57. The Morgan fingerprint density at radius 2 is 1.81 bits per heavy atom. The second-order valence-electron chi connectivity index (χ2n) is 8.63. The highest BCUT2D eigenvalue weighted by Crippen LogP contribution is 2.27. The number of aliphatic hydroxyl groups is 1. The summed E-state index contributed by atoms with van der Waals surface area (Å²) < 4.78 is 60.7. The summed E-state index contributed by atoms with van der Waals surface area (Å²) in [5.74, 6) is -1.72. The van der Waals surface area contributed by atoms with Gasteiger partial charge in [-0.2, -0.15) is 0 Å². The average Bonchev–Trinajstić information content (AvgIpc) is 2.87. The van der Waals surface area contributed by atoms with Crippen LogP contribution in [0, 0.1) is 11.6 Å². The van der Waals surface area contributed by atoms with E-state index >= 15 is 0 Å². The number of nitrogens with two attached hydrogens (primary N) is 1. The van der Waals surface area contributed by atoms with E-state index in [-0.39, 0.29) is 29.1 Å². The molecule has 0 radical (unpaired) electrons. The minimum absolute atomic E-state index is 0.0516. The zero-order chi connectivity index (χ0) is 26.6. The van der Waals surface area contributed by atoms with E-state index in [4.69, 9.17) is 22.1 Å². The number of ether oxygens (including phenoxy) is 1. The van der Waals surface area contributed by atoms with E-state index in [0.29, 0.717) is 49.4 Å². The quantitative estimate of drug-likeness (QED) is 0.344. The smallest absolute Gasteiger partial charge is 0.258 e. The van der Waals surface area contributed by atoms with Crippen LogP contribution in [0.2, 0.25) is 5.02 Å². The summed E-state index contributed by atoms with van der Waals surface area (Å²) in [5, 5.41) is 9.18. The van der Waals surface area contributed by atoms with Gasteiger partial charge in [0, 0.05) is 36.4 Å². The summed E-state index contributed by atoms with van der Waals surface area (Å²) in [4.78, 5) is 10.4. The molecule has 1 aliphatic heterocycles. The van der Waals surface area contributed by atoms with Gasteiger partial charge in [-0.3, -0.25) is 4.72 Å². The number of nitrogen functional groups attached to an aromatic ring is 1. The minimum atomic E-state index is -3.57. The van der Waals surface area contributed by atoms with Crippen LogP contribution < -0.4 is 15.2 Å². The molecule has 4 rings (SSSR count). The number of aliphatic hydroxyl groups excluding tert-OH is 1. The summed E-state index contributed by atoms with van der Waals surface area (Å²) >= 11 is 5.83. The van der Waals surface area contributed by atoms with Gasteiger partial charge in [-0.25, -0.2) is 27.2 Å². The Balaban J connectivity index is 1.39. The summed E-state index contributed by atoms with van der Waals surface area (Å²) in [6.07, 6.45) is 2.39. The average molecular weight is 554 g/mol. The van der Waals surface area contributed by atoms with Gasteiger partial charge in [-0.05, 0) is 37.1 Å². The van der Waals surface area contributed by atoms with Crippen LogP contribution in [0.15, 0.2) is 42.6 Å². The van der Waals surface area contributed by atoms with Crippen molar-refractivity contribution < 1.29 is 27.0 Å². The van der Waals surface area contributed by atoms with E-state index in [9.17, 15) is 22.3 Å². The monoisotopic (exact) mass is 553 g/mol. The number of anilines is 2. The Morgan fingerprint density at radius 1 is 1.14 bits per heavy atom. The van der Waals surface area contributed by atoms with E-state index in [1.54, 1.807) is 24.3 Å². The minimum Gasteiger partial charge on any atom is -0.470 e. The van der Waals surface area contributed by atoms with E-state index in [1.807, 2.05) is 4.90 Å². The third-order valence-electron chi connectivity index (χ3n) is 5.95. The van der Waals surface area contributed by atoms with Crippen LogP contribution in [0.1, 0.15) is 18.4 Å². The molecule has 1 aliphatic rings. The molecule has 0 aliphatic carbocycles. The van der Waals surface area contributed by atoms with Gasteiger partial charge >= 0.3 is 0 Å². The summed E-state index contributed by atoms with van der Waals surface area (Å²) in [6.45, 7) is 1.31. The second-order valence-corrected chi connectivity index (χ2v) is 10.8. The van der Waals surface area contributed by atoms with Gasteiger partial charge in [0.2, 0.25) is 10.0 Å². The van der Waals surface area contributed by atoms with Crippen molar-refractivity contribution in [3.05, 3.63) is 64.8 Å². The van der Waals surface area contributed by atoms with E-state index in [1.165, 1.54) is 6.20 Å². The Labute approximate surface area is 218 Å². The molecule has 2 aromatic carbocycles. The lowest BCUT2D eigenvalue weighted by molar-refractivity contribution is 0.0856. The summed E-state index contributed by atoms with van der Waals surface area (Å²) in [6, 6.07) is 8.34. The molecule has 0 bridgehead atoms. The van der Waals surface area contributed by atoms with Crippen molar-refractivity contribution in [2.45, 2.75) is 25.6 Å². The Kier molecular flexibility index (Phi) is 8.42. The molecule has 1 fully saturated rings. The van der Waals surface area contributed by atoms with E-state index in [2.05, 4.69) is 14.7 Å². The highest BCUT2D eigenvalue weighted by molar-refractivity contribution is 7.92. The van der Waals surface area contributed by atoms with Crippen molar-refractivity contribution in [1.82, 2.24) is 14.9 Å². The maximum atomic E-state index is 14.0. The Bertz CT molecular complexity index is 1350. The molecule has 1 saturated heterocycles. The molecule has 37 heavy (non-hydrogen) atoms. The zero-order valence-corrected chi connectivity index (χ0v) is 21.3. The first kappa shape index (κ1) is 27.0. The number of hydrogen-bond donors (Lipinski definition) is 3. The number of piperidine rings is 1. The largest absolute Gasteiger partial charge is 0.470 e. The maximum Gasteiger partial charge on any atom is 0.258 e. The molecule has 3 aromatic rings. The van der Waals surface area contributed by atoms with Crippen LogP contribution in [0.3, 0.4) is 0 Å². The van der Waals surface area contributed by atoms with Crippen LogP contribution >= 0.6 is 11.6 Å². The van der Waals surface area contributed by atoms with Gasteiger partial charge in [0.05, 0.1) is 28.8 Å². The predicted molar refractivity (Wildman–Crippen MR) is 137 cm³/mol. The number of benzene rings is 2. The highest BCUT2D eigenvalue weighted by atomic mass is 35.5. The molecule has 9 nitrogen and oxygen atoms in total. The topological polar surface area (TPSA) is 131 Å². The molecule has 0 atom stereocenters. The number of likely N-dealkylation sites (tertiary alicyclic amines) is 1. The van der Waals surface area contributed by atoms with Gasteiger partial charge in [0.15, 0.2) is 5.82 Å². The Morgan fingerprint density at radius 3 is 2.51 bits per heavy atom. The molecule has 1 aromatic heterocycles. The number of rotatable bonds is 9. The fourth-order valence-corrected chi connectivity index (χ4v) is 5.10. The lowest BCUT2D eigenvalue weighted by Crippen LogP contribution is -2.39. The molecule has 0 saturated carbocycles. The fraction of sp³-hybridized carbons (Fsp3) is 0.333. The first-order valence-corrected chi connectivity index (χ1v) is 13.5. The molecular weight excluding hydrogens is 528 g/mol. The van der Waals surface area contributed by atoms with Crippen molar-refractivity contribution in [3.63, 3.8) is 0 Å². The molecular formula is C24H26ClF2N5O4S. The number of hydrogen-bond acceptors (Lipinski definition) is 8. The van der Waals surface area contributed by atoms with Crippen LogP contribution in [0.25, 0.3) is 11.3 Å². The van der Waals surface area contributed by atoms with Crippen LogP contribution in [-0.4, -0.2) is 59.9 Å². The van der Waals surface area contributed by atoms with E-state index < -0.39 is 33.3 Å². The normalized spacial score (nSPS) is 15.0. The number of sulfonamides is 1. The number of aromatic nitrogens is 2. The molecule has 0 amide bonds. The lowest BCUT2D eigenvalue weighted by Gasteiger charge is -2.29. The van der Waals surface area contributed by atoms with Crippen molar-refractivity contribution in [3.8, 4) is 17.1 Å². The summed E-state index contributed by atoms with van der Waals surface area (Å²) in [5.41, 5.74) is 7.00. The third kappa shape index (κ3) is 7.04. The van der Waals surface area contributed by atoms with Gasteiger partial charge in [-0.15, -0.1) is 0 Å². The van der Waals surface area contributed by atoms with Gasteiger partial charge in [0.25, 0.3) is 5.88 Å². The zero-order valence-electron chi connectivity index (χ0n) is 19.7. The molecule has 13 heteroatoms. The molecule has 198 valence electrons. The maximum absolute atomic E-state index is 14.0. The van der Waals surface area contributed by atoms with E-state index in [0.717, 1.165) is 12.1 Å². The first-order valence-electron chi connectivity index (χ1n) is 11.5. The first-order chi connectivity index (χ1) is 17.6. The third-order valence-corrected chi connectivity index (χ3v) is 7.62. The molecule has 2 heterocycles. The van der Waals surface area contributed by atoms with Gasteiger partial charge in [0.1, 0.15) is 18.2 Å². The van der Waals surface area contributed by atoms with Gasteiger partial charge in [-0.1, -0.05) is 23.7 Å². The second kappa shape index (κ2) is 11.5. The SMILES string of the molecule is Nc1ncc(-c2ccc(NS(=O)(=O)CCN3CCC(O)CC3)cc2)nc1OCc1c(F)ccc(F)c1Cl. The van der Waals surface area contributed by atoms with Crippen molar-refractivity contribution in [2.75, 3.05) is 35.8 Å². The molecule has 0 spiro atoms. The number of nitrogens with one attached hydrogen (secondary N) is 1. The van der Waals surface area contributed by atoms with Crippen LogP contribution in [-0.2, 0) is 16.6 Å². The van der Waals surface area contributed by atoms with Crippen molar-refractivity contribution >= 4 is 33.1 Å². The number of halogens is 3. The highest BCUT2D eigenvalue weighted by Gasteiger charge is 2.20.